The number of aromatic nitrogens is 2. The predicted molar refractivity (Wildman–Crippen MR) is 103 cm³/mol. The van der Waals surface area contributed by atoms with E-state index in [9.17, 15) is 4.79 Å². The Kier molecular flexibility index (Phi) is 5.68. The Labute approximate surface area is 153 Å². The maximum Gasteiger partial charge on any atom is 0.348 e. The lowest BCUT2D eigenvalue weighted by atomic mass is 10.1. The second-order valence-electron chi connectivity index (χ2n) is 8.01. The van der Waals surface area contributed by atoms with Crippen molar-refractivity contribution in [3.63, 3.8) is 0 Å². The molecule has 0 radical (unpaired) electrons. The van der Waals surface area contributed by atoms with Crippen LogP contribution in [0.2, 0.25) is 0 Å². The largest absolute Gasteiger partial charge is 0.462 e. The average Bonchev–Trinajstić information content (AvgIpc) is 2.83. The number of anilines is 1. The minimum Gasteiger partial charge on any atom is -0.462 e. The number of esters is 1. The van der Waals surface area contributed by atoms with E-state index < -0.39 is 0 Å². The molecule has 0 aromatic carbocycles. The van der Waals surface area contributed by atoms with Gasteiger partial charge in [0.05, 0.1) is 12.0 Å². The zero-order valence-corrected chi connectivity index (χ0v) is 16.9. The van der Waals surface area contributed by atoms with Crippen LogP contribution in [0.1, 0.15) is 63.7 Å². The van der Waals surface area contributed by atoms with Crippen LogP contribution in [-0.4, -0.2) is 33.6 Å². The molecular formula is C18H28N4O2S. The zero-order chi connectivity index (χ0) is 18.8. The van der Waals surface area contributed by atoms with Crippen molar-refractivity contribution in [3.8, 4) is 0 Å². The molecule has 2 rings (SSSR count). The molecule has 7 heteroatoms. The van der Waals surface area contributed by atoms with Crippen molar-refractivity contribution < 1.29 is 9.53 Å². The number of rotatable bonds is 5. The van der Waals surface area contributed by atoms with Crippen LogP contribution >= 0.6 is 11.3 Å². The highest BCUT2D eigenvalue weighted by molar-refractivity contribution is 7.20. The maximum absolute atomic E-state index is 12.4. The molecule has 0 amide bonds. The summed E-state index contributed by atoms with van der Waals surface area (Å²) in [6.07, 6.45) is 1.53. The lowest BCUT2D eigenvalue weighted by Gasteiger charge is -2.23. The first-order chi connectivity index (χ1) is 11.5. The second-order valence-corrected chi connectivity index (χ2v) is 9.01. The van der Waals surface area contributed by atoms with Crippen molar-refractivity contribution in [1.82, 2.24) is 15.3 Å². The normalized spacial score (nSPS) is 12.4. The Hall–Kier alpha value is -1.73. The number of hydrogen-bond acceptors (Lipinski definition) is 7. The third-order valence-corrected chi connectivity index (χ3v) is 4.46. The van der Waals surface area contributed by atoms with Gasteiger partial charge < -0.3 is 15.4 Å². The first kappa shape index (κ1) is 19.6. The van der Waals surface area contributed by atoms with E-state index in [2.05, 4.69) is 62.1 Å². The van der Waals surface area contributed by atoms with Gasteiger partial charge in [-0.1, -0.05) is 0 Å². The molecule has 138 valence electrons. The van der Waals surface area contributed by atoms with E-state index in [0.717, 1.165) is 21.6 Å². The molecule has 0 saturated heterocycles. The Morgan fingerprint density at radius 1 is 1.16 bits per heavy atom. The van der Waals surface area contributed by atoms with E-state index in [0.29, 0.717) is 18.0 Å². The van der Waals surface area contributed by atoms with Crippen molar-refractivity contribution in [3.05, 3.63) is 16.8 Å². The third kappa shape index (κ3) is 5.12. The fourth-order valence-electron chi connectivity index (χ4n) is 2.32. The summed E-state index contributed by atoms with van der Waals surface area (Å²) in [6.45, 7) is 15.2. The summed E-state index contributed by atoms with van der Waals surface area (Å²) in [5, 5.41) is 7.77. The van der Waals surface area contributed by atoms with Crippen molar-refractivity contribution in [1.29, 1.82) is 0 Å². The number of ether oxygens (including phenoxy) is 1. The summed E-state index contributed by atoms with van der Waals surface area (Å²) in [5.41, 5.74) is 0.663. The van der Waals surface area contributed by atoms with Gasteiger partial charge in [-0.2, -0.15) is 0 Å². The lowest BCUT2D eigenvalue weighted by molar-refractivity contribution is 0.0530. The summed E-state index contributed by atoms with van der Waals surface area (Å²) in [5.74, 6) is 0.438. The molecule has 2 aromatic rings. The monoisotopic (exact) mass is 364 g/mol. The summed E-state index contributed by atoms with van der Waals surface area (Å²) < 4.78 is 5.25. The topological polar surface area (TPSA) is 76.1 Å². The quantitative estimate of drug-likeness (QED) is 0.782. The van der Waals surface area contributed by atoms with Crippen molar-refractivity contribution in [2.45, 2.75) is 66.1 Å². The Bertz CT molecular complexity index is 757. The fourth-order valence-corrected chi connectivity index (χ4v) is 3.38. The van der Waals surface area contributed by atoms with Crippen LogP contribution in [-0.2, 0) is 11.3 Å². The summed E-state index contributed by atoms with van der Waals surface area (Å²) in [4.78, 5) is 22.6. The van der Waals surface area contributed by atoms with Gasteiger partial charge in [-0.25, -0.2) is 14.8 Å². The maximum atomic E-state index is 12.4. The van der Waals surface area contributed by atoms with Crippen molar-refractivity contribution in [2.75, 3.05) is 11.9 Å². The predicted octanol–water partition coefficient (Wildman–Crippen LogP) is 3.97. The highest BCUT2D eigenvalue weighted by atomic mass is 32.1. The summed E-state index contributed by atoms with van der Waals surface area (Å²) >= 11 is 1.36. The van der Waals surface area contributed by atoms with E-state index in [1.807, 2.05) is 6.92 Å². The smallest absolute Gasteiger partial charge is 0.348 e. The van der Waals surface area contributed by atoms with Gasteiger partial charge in [0.25, 0.3) is 0 Å². The highest BCUT2D eigenvalue weighted by Crippen LogP contribution is 2.35. The number of nitrogens with zero attached hydrogens (tertiary/aromatic N) is 2. The van der Waals surface area contributed by atoms with Crippen LogP contribution in [0.5, 0.6) is 0 Å². The number of nitrogens with one attached hydrogen (secondary N) is 2. The van der Waals surface area contributed by atoms with Gasteiger partial charge in [-0.05, 0) is 48.5 Å². The third-order valence-electron chi connectivity index (χ3n) is 3.34. The number of carbonyl (C=O) groups excluding carboxylic acids is 1. The molecule has 0 bridgehead atoms. The second kappa shape index (κ2) is 7.25. The van der Waals surface area contributed by atoms with Gasteiger partial charge in [0.2, 0.25) is 0 Å². The van der Waals surface area contributed by atoms with Crippen LogP contribution in [0.3, 0.4) is 0 Å². The zero-order valence-electron chi connectivity index (χ0n) is 16.1. The van der Waals surface area contributed by atoms with E-state index in [4.69, 9.17) is 4.74 Å². The van der Waals surface area contributed by atoms with E-state index in [1.54, 1.807) is 0 Å². The molecule has 0 spiro atoms. The standard InChI is InChI=1S/C18H28N4O2S/c1-8-24-16(23)13-11(9-21-17(2,3)4)12-14(22-18(5,6)7)19-10-20-15(12)25-13/h10,21H,8-9H2,1-7H3,(H,19,20,22). The van der Waals surface area contributed by atoms with Crippen LogP contribution in [0.4, 0.5) is 5.82 Å². The molecular weight excluding hydrogens is 336 g/mol. The molecule has 6 nitrogen and oxygen atoms in total. The average molecular weight is 365 g/mol. The minimum atomic E-state index is -0.307. The lowest BCUT2D eigenvalue weighted by Crippen LogP contribution is -2.35. The molecule has 0 atom stereocenters. The molecule has 0 aliphatic carbocycles. The Morgan fingerprint density at radius 3 is 2.40 bits per heavy atom. The molecule has 0 aliphatic rings. The van der Waals surface area contributed by atoms with Crippen LogP contribution < -0.4 is 10.6 Å². The first-order valence-corrected chi connectivity index (χ1v) is 9.30. The van der Waals surface area contributed by atoms with Crippen molar-refractivity contribution in [2.24, 2.45) is 0 Å². The number of fused-ring (bicyclic) bond motifs is 1. The number of hydrogen-bond donors (Lipinski definition) is 2. The van der Waals surface area contributed by atoms with E-state index in [1.165, 1.54) is 17.7 Å². The molecule has 0 saturated carbocycles. The van der Waals surface area contributed by atoms with E-state index >= 15 is 0 Å². The molecule has 2 heterocycles. The van der Waals surface area contributed by atoms with Crippen molar-refractivity contribution >= 4 is 33.3 Å². The fraction of sp³-hybridized carbons (Fsp3) is 0.611. The van der Waals surface area contributed by atoms with Crippen LogP contribution in [0.15, 0.2) is 6.33 Å². The molecule has 0 fully saturated rings. The molecule has 0 unspecified atom stereocenters. The van der Waals surface area contributed by atoms with Gasteiger partial charge >= 0.3 is 5.97 Å². The number of carbonyl (C=O) groups is 1. The van der Waals surface area contributed by atoms with Gasteiger partial charge in [0.15, 0.2) is 0 Å². The minimum absolute atomic E-state index is 0.0759. The Morgan fingerprint density at radius 2 is 1.84 bits per heavy atom. The van der Waals surface area contributed by atoms with Gasteiger partial charge in [-0.3, -0.25) is 0 Å². The SMILES string of the molecule is CCOC(=O)c1sc2ncnc(NC(C)(C)C)c2c1CNC(C)(C)C. The number of thiophene rings is 1. The molecule has 25 heavy (non-hydrogen) atoms. The van der Waals surface area contributed by atoms with Gasteiger partial charge in [-0.15, -0.1) is 11.3 Å². The first-order valence-electron chi connectivity index (χ1n) is 8.48. The summed E-state index contributed by atoms with van der Waals surface area (Å²) in [6, 6.07) is 0. The summed E-state index contributed by atoms with van der Waals surface area (Å²) in [7, 11) is 0. The molecule has 2 aromatic heterocycles. The Balaban J connectivity index is 2.59. The van der Waals surface area contributed by atoms with Gasteiger partial charge in [0.1, 0.15) is 21.9 Å². The van der Waals surface area contributed by atoms with Crippen LogP contribution in [0.25, 0.3) is 10.2 Å². The van der Waals surface area contributed by atoms with Gasteiger partial charge in [0, 0.05) is 23.2 Å². The molecule has 2 N–H and O–H groups in total. The molecule has 0 aliphatic heterocycles. The van der Waals surface area contributed by atoms with E-state index in [-0.39, 0.29) is 17.0 Å². The highest BCUT2D eigenvalue weighted by Gasteiger charge is 2.25. The van der Waals surface area contributed by atoms with Crippen LogP contribution in [0, 0.1) is 0 Å².